The summed E-state index contributed by atoms with van der Waals surface area (Å²) < 4.78 is 5.64. The second kappa shape index (κ2) is 4.35. The molecule has 0 N–H and O–H groups in total. The molecule has 0 aliphatic carbocycles. The Labute approximate surface area is 93.6 Å². The topological polar surface area (TPSA) is 9.23 Å². The molecule has 1 aromatic rings. The van der Waals surface area contributed by atoms with Crippen LogP contribution in [0.25, 0.3) is 0 Å². The maximum atomic E-state index is 5.64. The first-order valence-electron chi connectivity index (χ1n) is 5.09. The molecule has 1 aliphatic rings. The Morgan fingerprint density at radius 3 is 3.07 bits per heavy atom. The van der Waals surface area contributed by atoms with Crippen LogP contribution in [-0.4, -0.2) is 11.9 Å². The third kappa shape index (κ3) is 1.95. The molecule has 1 nitrogen and oxygen atoms in total. The molecule has 76 valence electrons. The monoisotopic (exact) mass is 254 g/mol. The highest BCUT2D eigenvalue weighted by Crippen LogP contribution is 2.37. The highest BCUT2D eigenvalue weighted by molar-refractivity contribution is 9.09. The number of hydrogen-bond acceptors (Lipinski definition) is 1. The maximum absolute atomic E-state index is 5.64. The van der Waals surface area contributed by atoms with Crippen molar-refractivity contribution in [3.63, 3.8) is 0 Å². The number of alkyl halides is 1. The summed E-state index contributed by atoms with van der Waals surface area (Å²) in [4.78, 5) is 0. The number of ether oxygens (including phenoxy) is 1. The molecular formula is C12H15BrO. The van der Waals surface area contributed by atoms with Gasteiger partial charge >= 0.3 is 0 Å². The van der Waals surface area contributed by atoms with Crippen LogP contribution >= 0.6 is 15.9 Å². The van der Waals surface area contributed by atoms with Gasteiger partial charge in [-0.05, 0) is 18.4 Å². The maximum Gasteiger partial charge on any atom is 0.122 e. The second-order valence-corrected chi connectivity index (χ2v) is 4.69. The molecule has 0 radical (unpaired) electrons. The van der Waals surface area contributed by atoms with Gasteiger partial charge in [-0.2, -0.15) is 0 Å². The number of hydrogen-bond donors (Lipinski definition) is 0. The fourth-order valence-corrected chi connectivity index (χ4v) is 2.24. The third-order valence-corrected chi connectivity index (χ3v) is 3.85. The van der Waals surface area contributed by atoms with Gasteiger partial charge in [0, 0.05) is 16.8 Å². The summed E-state index contributed by atoms with van der Waals surface area (Å²) in [6.45, 7) is 3.13. The van der Waals surface area contributed by atoms with Crippen LogP contribution in [0.4, 0.5) is 0 Å². The van der Waals surface area contributed by atoms with Crippen LogP contribution in [0, 0.1) is 5.92 Å². The molecule has 14 heavy (non-hydrogen) atoms. The van der Waals surface area contributed by atoms with E-state index in [-0.39, 0.29) is 0 Å². The van der Waals surface area contributed by atoms with E-state index in [0.717, 1.165) is 23.6 Å². The zero-order chi connectivity index (χ0) is 9.97. The molecule has 2 atom stereocenters. The van der Waals surface area contributed by atoms with Gasteiger partial charge in [0.2, 0.25) is 0 Å². The number of rotatable bonds is 3. The highest BCUT2D eigenvalue weighted by Gasteiger charge is 2.24. The van der Waals surface area contributed by atoms with Gasteiger partial charge in [0.05, 0.1) is 6.61 Å². The van der Waals surface area contributed by atoms with E-state index in [1.807, 2.05) is 6.07 Å². The number of benzene rings is 1. The quantitative estimate of drug-likeness (QED) is 0.750. The number of halogens is 1. The van der Waals surface area contributed by atoms with Crippen molar-refractivity contribution in [1.29, 1.82) is 0 Å². The van der Waals surface area contributed by atoms with Crippen LogP contribution < -0.4 is 4.74 Å². The molecule has 0 fully saturated rings. The minimum Gasteiger partial charge on any atom is -0.493 e. The zero-order valence-electron chi connectivity index (χ0n) is 8.37. The van der Waals surface area contributed by atoms with Crippen LogP contribution in [-0.2, 0) is 0 Å². The fraction of sp³-hybridized carbons (Fsp3) is 0.500. The molecule has 1 heterocycles. The smallest absolute Gasteiger partial charge is 0.122 e. The summed E-state index contributed by atoms with van der Waals surface area (Å²) in [5.74, 6) is 2.40. The minimum atomic E-state index is 0.596. The minimum absolute atomic E-state index is 0.596. The van der Waals surface area contributed by atoms with Gasteiger partial charge in [-0.1, -0.05) is 41.1 Å². The van der Waals surface area contributed by atoms with Gasteiger partial charge in [-0.25, -0.2) is 0 Å². The molecular weight excluding hydrogens is 240 g/mol. The Morgan fingerprint density at radius 2 is 2.29 bits per heavy atom. The molecule has 0 spiro atoms. The van der Waals surface area contributed by atoms with Crippen molar-refractivity contribution in [3.05, 3.63) is 29.8 Å². The first-order valence-corrected chi connectivity index (χ1v) is 6.21. The molecule has 2 unspecified atom stereocenters. The first kappa shape index (κ1) is 10.0. The largest absolute Gasteiger partial charge is 0.493 e. The molecule has 1 aliphatic heterocycles. The molecule has 2 heteroatoms. The molecule has 1 aromatic carbocycles. The van der Waals surface area contributed by atoms with Gasteiger partial charge in [-0.15, -0.1) is 0 Å². The van der Waals surface area contributed by atoms with Gasteiger partial charge in [0.25, 0.3) is 0 Å². The van der Waals surface area contributed by atoms with Gasteiger partial charge in [-0.3, -0.25) is 0 Å². The predicted octanol–water partition coefficient (Wildman–Crippen LogP) is 3.58. The van der Waals surface area contributed by atoms with E-state index < -0.39 is 0 Å². The Bertz CT molecular complexity index is 311. The van der Waals surface area contributed by atoms with Crippen LogP contribution in [0.1, 0.15) is 24.8 Å². The van der Waals surface area contributed by atoms with E-state index in [4.69, 9.17) is 4.74 Å². The lowest BCUT2D eigenvalue weighted by Gasteiger charge is -2.12. The fourth-order valence-electron chi connectivity index (χ4n) is 1.97. The molecule has 0 amide bonds. The number of para-hydroxylation sites is 1. The van der Waals surface area contributed by atoms with Crippen molar-refractivity contribution >= 4 is 15.9 Å². The summed E-state index contributed by atoms with van der Waals surface area (Å²) in [5, 5.41) is 1.08. The Kier molecular flexibility index (Phi) is 3.12. The van der Waals surface area contributed by atoms with E-state index in [0.29, 0.717) is 5.92 Å². The summed E-state index contributed by atoms with van der Waals surface area (Å²) in [7, 11) is 0. The molecule has 0 aromatic heterocycles. The summed E-state index contributed by atoms with van der Waals surface area (Å²) in [6.07, 6.45) is 1.21. The lowest BCUT2D eigenvalue weighted by molar-refractivity contribution is 0.314. The van der Waals surface area contributed by atoms with Crippen LogP contribution in [0.5, 0.6) is 5.75 Å². The standard InChI is InChI=1S/C12H15BrO/c1-9(7-13)6-10-8-14-12-5-3-2-4-11(10)12/h2-5,9-10H,6-8H2,1H3. The average molecular weight is 255 g/mol. The molecule has 0 bridgehead atoms. The predicted molar refractivity (Wildman–Crippen MR) is 62.3 cm³/mol. The van der Waals surface area contributed by atoms with Gasteiger partial charge < -0.3 is 4.74 Å². The van der Waals surface area contributed by atoms with Crippen molar-refractivity contribution < 1.29 is 4.74 Å². The van der Waals surface area contributed by atoms with Gasteiger partial charge in [0.1, 0.15) is 5.75 Å². The lowest BCUT2D eigenvalue weighted by Crippen LogP contribution is -2.07. The van der Waals surface area contributed by atoms with Crippen LogP contribution in [0.15, 0.2) is 24.3 Å². The number of fused-ring (bicyclic) bond motifs is 1. The lowest BCUT2D eigenvalue weighted by atomic mass is 9.92. The summed E-state index contributed by atoms with van der Waals surface area (Å²) in [6, 6.07) is 8.39. The van der Waals surface area contributed by atoms with E-state index in [1.165, 1.54) is 12.0 Å². The second-order valence-electron chi connectivity index (χ2n) is 4.04. The highest BCUT2D eigenvalue weighted by atomic mass is 79.9. The Hall–Kier alpha value is -0.500. The van der Waals surface area contributed by atoms with Crippen molar-refractivity contribution in [3.8, 4) is 5.75 Å². The normalized spacial score (nSPS) is 21.4. The van der Waals surface area contributed by atoms with Crippen molar-refractivity contribution in [2.24, 2.45) is 5.92 Å². The van der Waals surface area contributed by atoms with Crippen molar-refractivity contribution in [2.45, 2.75) is 19.3 Å². The molecule has 0 saturated carbocycles. The van der Waals surface area contributed by atoms with E-state index >= 15 is 0 Å². The Balaban J connectivity index is 2.10. The van der Waals surface area contributed by atoms with E-state index in [2.05, 4.69) is 41.1 Å². The first-order chi connectivity index (χ1) is 6.81. The van der Waals surface area contributed by atoms with E-state index in [1.54, 1.807) is 0 Å². The molecule has 0 saturated heterocycles. The summed E-state index contributed by atoms with van der Waals surface area (Å²) in [5.41, 5.74) is 1.39. The SMILES string of the molecule is CC(CBr)CC1COc2ccccc21. The van der Waals surface area contributed by atoms with Gasteiger partial charge in [0.15, 0.2) is 0 Å². The third-order valence-electron chi connectivity index (χ3n) is 2.75. The Morgan fingerprint density at radius 1 is 1.50 bits per heavy atom. The molecule has 2 rings (SSSR count). The summed E-state index contributed by atoms with van der Waals surface area (Å²) >= 11 is 3.52. The average Bonchev–Trinajstić information content (AvgIpc) is 2.62. The zero-order valence-corrected chi connectivity index (χ0v) is 9.96. The van der Waals surface area contributed by atoms with E-state index in [9.17, 15) is 0 Å². The van der Waals surface area contributed by atoms with Crippen molar-refractivity contribution in [2.75, 3.05) is 11.9 Å². The van der Waals surface area contributed by atoms with Crippen LogP contribution in [0.2, 0.25) is 0 Å². The van der Waals surface area contributed by atoms with Crippen molar-refractivity contribution in [1.82, 2.24) is 0 Å². The van der Waals surface area contributed by atoms with Crippen LogP contribution in [0.3, 0.4) is 0 Å².